The van der Waals surface area contributed by atoms with E-state index >= 15 is 0 Å². The molecule has 162 valence electrons. The van der Waals surface area contributed by atoms with Crippen molar-refractivity contribution in [2.45, 2.75) is 30.5 Å². The molecule has 0 saturated heterocycles. The highest BCUT2D eigenvalue weighted by Crippen LogP contribution is 2.25. The molecule has 0 aromatic heterocycles. The van der Waals surface area contributed by atoms with Crippen LogP contribution in [0.5, 0.6) is 0 Å². The summed E-state index contributed by atoms with van der Waals surface area (Å²) in [6.07, 6.45) is -1.43. The van der Waals surface area contributed by atoms with Gasteiger partial charge in [0.05, 0.1) is 21.0 Å². The van der Waals surface area contributed by atoms with Crippen molar-refractivity contribution in [3.8, 4) is 0 Å². The first kappa shape index (κ1) is 24.1. The van der Waals surface area contributed by atoms with Crippen LogP contribution >= 0.6 is 23.2 Å². The van der Waals surface area contributed by atoms with Gasteiger partial charge in [-0.1, -0.05) is 53.5 Å². The van der Waals surface area contributed by atoms with Crippen molar-refractivity contribution in [1.82, 2.24) is 10.0 Å². The van der Waals surface area contributed by atoms with Gasteiger partial charge in [-0.05, 0) is 30.7 Å². The number of hydrogen-bond acceptors (Lipinski definition) is 6. The maximum atomic E-state index is 12.5. The van der Waals surface area contributed by atoms with Gasteiger partial charge in [-0.25, -0.2) is 8.42 Å². The number of amides is 1. The highest BCUT2D eigenvalue weighted by atomic mass is 35.5. The first-order chi connectivity index (χ1) is 14.1. The van der Waals surface area contributed by atoms with Crippen LogP contribution in [0.3, 0.4) is 0 Å². The molecule has 2 aromatic rings. The number of ether oxygens (including phenoxy) is 1. The van der Waals surface area contributed by atoms with Gasteiger partial charge in [-0.3, -0.25) is 9.59 Å². The van der Waals surface area contributed by atoms with Crippen molar-refractivity contribution >= 4 is 45.1 Å². The van der Waals surface area contributed by atoms with E-state index in [4.69, 9.17) is 27.9 Å². The van der Waals surface area contributed by atoms with Crippen LogP contribution in [0.4, 0.5) is 0 Å². The zero-order chi connectivity index (χ0) is 22.3. The summed E-state index contributed by atoms with van der Waals surface area (Å²) in [5, 5.41) is 12.6. The standard InChI is InChI=1S/C19H20Cl2N2O6S/c1-12(24)18(23-30(27,28)14-7-8-15(20)16(21)9-14)19(26)29-11-17(25)22-10-13-5-3-2-4-6-13/h2-9,12,18,23-24H,10-11H2,1H3,(H,22,25). The van der Waals surface area contributed by atoms with E-state index < -0.39 is 40.7 Å². The van der Waals surface area contributed by atoms with Crippen molar-refractivity contribution in [3.05, 3.63) is 64.1 Å². The van der Waals surface area contributed by atoms with E-state index in [0.717, 1.165) is 11.6 Å². The normalized spacial score (nSPS) is 13.3. The van der Waals surface area contributed by atoms with E-state index in [1.807, 2.05) is 30.3 Å². The molecule has 8 nitrogen and oxygen atoms in total. The Labute approximate surface area is 184 Å². The molecule has 2 rings (SSSR count). The Hall–Kier alpha value is -2.17. The predicted molar refractivity (Wildman–Crippen MR) is 112 cm³/mol. The lowest BCUT2D eigenvalue weighted by Gasteiger charge is -2.20. The summed E-state index contributed by atoms with van der Waals surface area (Å²) >= 11 is 11.6. The van der Waals surface area contributed by atoms with E-state index in [2.05, 4.69) is 10.0 Å². The highest BCUT2D eigenvalue weighted by Gasteiger charge is 2.31. The Morgan fingerprint density at radius 2 is 1.77 bits per heavy atom. The Morgan fingerprint density at radius 3 is 2.37 bits per heavy atom. The number of sulfonamides is 1. The first-order valence-corrected chi connectivity index (χ1v) is 11.0. The fourth-order valence-corrected chi connectivity index (χ4v) is 3.94. The molecule has 30 heavy (non-hydrogen) atoms. The summed E-state index contributed by atoms with van der Waals surface area (Å²) in [4.78, 5) is 23.9. The zero-order valence-electron chi connectivity index (χ0n) is 15.8. The van der Waals surface area contributed by atoms with Gasteiger partial charge in [0.1, 0.15) is 6.04 Å². The number of hydrogen-bond donors (Lipinski definition) is 3. The summed E-state index contributed by atoms with van der Waals surface area (Å²) in [5.41, 5.74) is 0.855. The van der Waals surface area contributed by atoms with Gasteiger partial charge >= 0.3 is 5.97 Å². The summed E-state index contributed by atoms with van der Waals surface area (Å²) < 4.78 is 31.9. The van der Waals surface area contributed by atoms with Crippen LogP contribution in [0.15, 0.2) is 53.4 Å². The van der Waals surface area contributed by atoms with Crippen molar-refractivity contribution in [3.63, 3.8) is 0 Å². The second-order valence-corrected chi connectivity index (χ2v) is 8.81. The maximum absolute atomic E-state index is 12.5. The second-order valence-electron chi connectivity index (χ2n) is 6.29. The first-order valence-electron chi connectivity index (χ1n) is 8.73. The van der Waals surface area contributed by atoms with Crippen LogP contribution in [0.2, 0.25) is 10.0 Å². The maximum Gasteiger partial charge on any atom is 0.327 e. The molecule has 1 amide bonds. The van der Waals surface area contributed by atoms with Crippen LogP contribution in [0, 0.1) is 0 Å². The number of halogens is 2. The summed E-state index contributed by atoms with van der Waals surface area (Å²) in [7, 11) is -4.23. The van der Waals surface area contributed by atoms with Gasteiger partial charge in [-0.2, -0.15) is 4.72 Å². The van der Waals surface area contributed by atoms with Crippen molar-refractivity contribution in [2.75, 3.05) is 6.61 Å². The molecular formula is C19H20Cl2N2O6S. The van der Waals surface area contributed by atoms with E-state index in [0.29, 0.717) is 0 Å². The van der Waals surface area contributed by atoms with Gasteiger partial charge < -0.3 is 15.2 Å². The lowest BCUT2D eigenvalue weighted by molar-refractivity contribution is -0.152. The molecule has 0 aliphatic rings. The third-order valence-electron chi connectivity index (χ3n) is 3.90. The second kappa shape index (κ2) is 10.7. The number of nitrogens with one attached hydrogen (secondary N) is 2. The minimum absolute atomic E-state index is 0.00537. The molecule has 0 spiro atoms. The minimum Gasteiger partial charge on any atom is -0.454 e. The predicted octanol–water partition coefficient (Wildman–Crippen LogP) is 1.88. The van der Waals surface area contributed by atoms with Crippen LogP contribution in [-0.4, -0.2) is 44.2 Å². The Balaban J connectivity index is 1.96. The SMILES string of the molecule is CC(O)C(NS(=O)(=O)c1ccc(Cl)c(Cl)c1)C(=O)OCC(=O)NCc1ccccc1. The smallest absolute Gasteiger partial charge is 0.327 e. The largest absolute Gasteiger partial charge is 0.454 e. The van der Waals surface area contributed by atoms with E-state index in [1.54, 1.807) is 0 Å². The third-order valence-corrected chi connectivity index (χ3v) is 6.08. The van der Waals surface area contributed by atoms with Crippen LogP contribution in [0.25, 0.3) is 0 Å². The molecule has 2 unspecified atom stereocenters. The summed E-state index contributed by atoms with van der Waals surface area (Å²) in [5.74, 6) is -1.69. The minimum atomic E-state index is -4.23. The van der Waals surface area contributed by atoms with Crippen LogP contribution < -0.4 is 10.0 Å². The number of benzene rings is 2. The average Bonchev–Trinajstić information content (AvgIpc) is 2.71. The van der Waals surface area contributed by atoms with Gasteiger partial charge in [0.25, 0.3) is 5.91 Å². The Bertz CT molecular complexity index is 999. The molecule has 0 radical (unpaired) electrons. The number of aliphatic hydroxyl groups is 1. The van der Waals surface area contributed by atoms with Gasteiger partial charge in [0.2, 0.25) is 10.0 Å². The van der Waals surface area contributed by atoms with E-state index in [9.17, 15) is 23.1 Å². The highest BCUT2D eigenvalue weighted by molar-refractivity contribution is 7.89. The lowest BCUT2D eigenvalue weighted by atomic mass is 10.2. The number of aliphatic hydroxyl groups excluding tert-OH is 1. The number of carbonyl (C=O) groups is 2. The molecule has 0 heterocycles. The summed E-state index contributed by atoms with van der Waals surface area (Å²) in [6.45, 7) is 0.809. The Kier molecular flexibility index (Phi) is 8.63. The van der Waals surface area contributed by atoms with Crippen molar-refractivity contribution < 1.29 is 27.9 Å². The third kappa shape index (κ3) is 6.96. The quantitative estimate of drug-likeness (QED) is 0.477. The van der Waals surface area contributed by atoms with Crippen LogP contribution in [-0.2, 0) is 30.9 Å². The van der Waals surface area contributed by atoms with E-state index in [1.165, 1.54) is 19.1 Å². The molecule has 0 aliphatic carbocycles. The van der Waals surface area contributed by atoms with Gasteiger partial charge in [0.15, 0.2) is 6.61 Å². The Morgan fingerprint density at radius 1 is 1.10 bits per heavy atom. The molecule has 2 aromatic carbocycles. The zero-order valence-corrected chi connectivity index (χ0v) is 18.2. The number of carbonyl (C=O) groups excluding carboxylic acids is 2. The molecule has 11 heteroatoms. The van der Waals surface area contributed by atoms with E-state index in [-0.39, 0.29) is 21.5 Å². The average molecular weight is 475 g/mol. The molecule has 3 N–H and O–H groups in total. The van der Waals surface area contributed by atoms with Crippen molar-refractivity contribution in [2.24, 2.45) is 0 Å². The molecule has 0 bridgehead atoms. The molecule has 0 aliphatic heterocycles. The van der Waals surface area contributed by atoms with Crippen molar-refractivity contribution in [1.29, 1.82) is 0 Å². The molecule has 0 fully saturated rings. The topological polar surface area (TPSA) is 122 Å². The number of esters is 1. The molecular weight excluding hydrogens is 455 g/mol. The van der Waals surface area contributed by atoms with Gasteiger partial charge in [-0.15, -0.1) is 0 Å². The fraction of sp³-hybridized carbons (Fsp3) is 0.263. The number of rotatable bonds is 9. The summed E-state index contributed by atoms with van der Waals surface area (Å²) in [6, 6.07) is 11.0. The monoisotopic (exact) mass is 474 g/mol. The lowest BCUT2D eigenvalue weighted by Crippen LogP contribution is -2.49. The fourth-order valence-electron chi connectivity index (χ4n) is 2.30. The molecule has 0 saturated carbocycles. The van der Waals surface area contributed by atoms with Gasteiger partial charge in [0, 0.05) is 6.54 Å². The van der Waals surface area contributed by atoms with Crippen LogP contribution in [0.1, 0.15) is 12.5 Å². The molecule has 2 atom stereocenters.